The van der Waals surface area contributed by atoms with Crippen LogP contribution in [0.25, 0.3) is 0 Å². The third-order valence-electron chi connectivity index (χ3n) is 4.51. The second kappa shape index (κ2) is 11.4. The van der Waals surface area contributed by atoms with Gasteiger partial charge < -0.3 is 10.1 Å². The fourth-order valence-corrected chi connectivity index (χ4v) is 4.48. The van der Waals surface area contributed by atoms with E-state index in [1.807, 2.05) is 32.0 Å². The van der Waals surface area contributed by atoms with E-state index in [4.69, 9.17) is 16.3 Å². The second-order valence-corrected chi connectivity index (χ2v) is 9.32. The molecule has 0 unspecified atom stereocenters. The first-order chi connectivity index (χ1) is 15.7. The maximum Gasteiger partial charge on any atom is 0.271 e. The highest BCUT2D eigenvalue weighted by molar-refractivity contribution is 9.11. The van der Waals surface area contributed by atoms with Crippen molar-refractivity contribution in [2.45, 2.75) is 13.8 Å². The highest BCUT2D eigenvalue weighted by Gasteiger charge is 2.12. The number of aryl methyl sites for hydroxylation is 2. The summed E-state index contributed by atoms with van der Waals surface area (Å²) in [7, 11) is 0. The predicted molar refractivity (Wildman–Crippen MR) is 138 cm³/mol. The number of hydrogen-bond donors (Lipinski definition) is 2. The fraction of sp³-hybridized carbons (Fsp3) is 0.125. The van der Waals surface area contributed by atoms with Gasteiger partial charge >= 0.3 is 0 Å². The molecule has 9 heteroatoms. The molecule has 0 bridgehead atoms. The zero-order valence-corrected chi connectivity index (χ0v) is 21.7. The van der Waals surface area contributed by atoms with Crippen LogP contribution in [0.2, 0.25) is 5.02 Å². The predicted octanol–water partition coefficient (Wildman–Crippen LogP) is 6.26. The molecule has 2 N–H and O–H groups in total. The molecule has 3 aromatic rings. The molecule has 0 spiro atoms. The Balaban J connectivity index is 1.58. The summed E-state index contributed by atoms with van der Waals surface area (Å²) in [6.07, 6.45) is 1.50. The number of hydrazone groups is 1. The minimum atomic E-state index is -0.351. The average molecular weight is 594 g/mol. The minimum absolute atomic E-state index is 0.158. The van der Waals surface area contributed by atoms with Gasteiger partial charge in [0.05, 0.1) is 15.2 Å². The number of nitrogens with one attached hydrogen (secondary N) is 2. The van der Waals surface area contributed by atoms with E-state index in [0.29, 0.717) is 30.8 Å². The molecular weight excluding hydrogens is 574 g/mol. The summed E-state index contributed by atoms with van der Waals surface area (Å²) in [4.78, 5) is 24.4. The van der Waals surface area contributed by atoms with Gasteiger partial charge in [-0.25, -0.2) is 5.43 Å². The Hall–Kier alpha value is -2.68. The van der Waals surface area contributed by atoms with Crippen LogP contribution in [-0.4, -0.2) is 24.6 Å². The van der Waals surface area contributed by atoms with E-state index in [2.05, 4.69) is 47.7 Å². The van der Waals surface area contributed by atoms with Crippen LogP contribution in [0.3, 0.4) is 0 Å². The van der Waals surface area contributed by atoms with Gasteiger partial charge in [-0.1, -0.05) is 29.3 Å². The van der Waals surface area contributed by atoms with Crippen molar-refractivity contribution in [3.63, 3.8) is 0 Å². The van der Waals surface area contributed by atoms with Crippen LogP contribution in [0, 0.1) is 13.8 Å². The van der Waals surface area contributed by atoms with Gasteiger partial charge in [-0.3, -0.25) is 9.59 Å². The van der Waals surface area contributed by atoms with Crippen molar-refractivity contribution in [3.8, 4) is 5.75 Å². The second-order valence-electron chi connectivity index (χ2n) is 7.17. The summed E-state index contributed by atoms with van der Waals surface area (Å²) in [5.41, 5.74) is 6.48. The molecule has 2 amide bonds. The molecule has 0 atom stereocenters. The first-order valence-electron chi connectivity index (χ1n) is 9.81. The van der Waals surface area contributed by atoms with Crippen LogP contribution in [0.4, 0.5) is 5.69 Å². The minimum Gasteiger partial charge on any atom is -0.481 e. The molecule has 6 nitrogen and oxygen atoms in total. The monoisotopic (exact) mass is 591 g/mol. The number of halogens is 3. The molecule has 0 aliphatic carbocycles. The molecule has 0 radical (unpaired) electrons. The lowest BCUT2D eigenvalue weighted by molar-refractivity contribution is -0.118. The lowest BCUT2D eigenvalue weighted by Gasteiger charge is -2.12. The molecule has 0 saturated heterocycles. The molecule has 0 aromatic heterocycles. The number of carbonyl (C=O) groups excluding carboxylic acids is 2. The van der Waals surface area contributed by atoms with Crippen LogP contribution < -0.4 is 15.5 Å². The lowest BCUT2D eigenvalue weighted by atomic mass is 10.1. The summed E-state index contributed by atoms with van der Waals surface area (Å²) in [5.74, 6) is -0.139. The van der Waals surface area contributed by atoms with Gasteiger partial charge in [-0.15, -0.1) is 0 Å². The van der Waals surface area contributed by atoms with E-state index >= 15 is 0 Å². The zero-order chi connectivity index (χ0) is 24.0. The van der Waals surface area contributed by atoms with Crippen LogP contribution in [0.1, 0.15) is 27.0 Å². The van der Waals surface area contributed by atoms with Crippen molar-refractivity contribution in [1.29, 1.82) is 0 Å². The van der Waals surface area contributed by atoms with Crippen molar-refractivity contribution in [3.05, 3.63) is 90.8 Å². The Morgan fingerprint density at radius 2 is 1.70 bits per heavy atom. The van der Waals surface area contributed by atoms with Crippen molar-refractivity contribution in [2.75, 3.05) is 11.9 Å². The highest BCUT2D eigenvalue weighted by atomic mass is 79.9. The van der Waals surface area contributed by atoms with Crippen LogP contribution in [-0.2, 0) is 4.79 Å². The SMILES string of the molecule is Cc1ccc(NC(=O)COc2c(Br)cc(/C=N/NC(=O)c3ccc(Cl)cc3)cc2Br)c(C)c1. The molecule has 33 heavy (non-hydrogen) atoms. The van der Waals surface area contributed by atoms with Crippen molar-refractivity contribution < 1.29 is 14.3 Å². The maximum atomic E-state index is 12.3. The van der Waals surface area contributed by atoms with Crippen molar-refractivity contribution >= 4 is 67.2 Å². The molecule has 0 aliphatic heterocycles. The number of rotatable bonds is 7. The third-order valence-corrected chi connectivity index (χ3v) is 5.94. The van der Waals surface area contributed by atoms with Crippen molar-refractivity contribution in [2.24, 2.45) is 5.10 Å². The molecule has 0 heterocycles. The average Bonchev–Trinajstić information content (AvgIpc) is 2.75. The number of anilines is 1. The Kier molecular flexibility index (Phi) is 8.66. The lowest BCUT2D eigenvalue weighted by Crippen LogP contribution is -2.21. The van der Waals surface area contributed by atoms with E-state index in [1.54, 1.807) is 36.4 Å². The van der Waals surface area contributed by atoms with Gasteiger partial charge in [-0.2, -0.15) is 5.10 Å². The summed E-state index contributed by atoms with van der Waals surface area (Å²) < 4.78 is 6.95. The molecule has 3 aromatic carbocycles. The Morgan fingerprint density at radius 3 is 2.33 bits per heavy atom. The zero-order valence-electron chi connectivity index (χ0n) is 17.8. The number of benzene rings is 3. The van der Waals surface area contributed by atoms with Gasteiger partial charge in [0.2, 0.25) is 0 Å². The number of nitrogens with zero attached hydrogens (tertiary/aromatic N) is 1. The molecule has 0 fully saturated rings. The number of carbonyl (C=O) groups is 2. The first kappa shape index (κ1) is 25.0. The first-order valence-corrected chi connectivity index (χ1v) is 11.8. The largest absolute Gasteiger partial charge is 0.481 e. The molecule has 170 valence electrons. The Bertz CT molecular complexity index is 1190. The summed E-state index contributed by atoms with van der Waals surface area (Å²) >= 11 is 12.7. The smallest absolute Gasteiger partial charge is 0.271 e. The maximum absolute atomic E-state index is 12.3. The normalized spacial score (nSPS) is 10.8. The number of hydrogen-bond acceptors (Lipinski definition) is 4. The van der Waals surface area contributed by atoms with E-state index in [9.17, 15) is 9.59 Å². The highest BCUT2D eigenvalue weighted by Crippen LogP contribution is 2.34. The van der Waals surface area contributed by atoms with E-state index in [0.717, 1.165) is 16.8 Å². The van der Waals surface area contributed by atoms with Crippen LogP contribution >= 0.6 is 43.5 Å². The van der Waals surface area contributed by atoms with E-state index < -0.39 is 0 Å². The Morgan fingerprint density at radius 1 is 1.03 bits per heavy atom. The molecule has 0 saturated carbocycles. The quantitative estimate of drug-likeness (QED) is 0.251. The molecule has 0 aliphatic rings. The standard InChI is InChI=1S/C24H20Br2ClN3O3/c1-14-3-8-21(15(2)9-14)29-22(31)13-33-23-19(25)10-16(11-20(23)26)12-28-30-24(32)17-4-6-18(27)7-5-17/h3-12H,13H2,1-2H3,(H,29,31)(H,30,32)/b28-12+. The van der Waals surface area contributed by atoms with E-state index in [1.165, 1.54) is 6.21 Å². The summed E-state index contributed by atoms with van der Waals surface area (Å²) in [5, 5.41) is 7.38. The van der Waals surface area contributed by atoms with Gasteiger partial charge in [0.15, 0.2) is 6.61 Å². The molecular formula is C24H20Br2ClN3O3. The van der Waals surface area contributed by atoms with Gasteiger partial charge in [0.25, 0.3) is 11.8 Å². The Labute approximate surface area is 213 Å². The van der Waals surface area contributed by atoms with E-state index in [-0.39, 0.29) is 18.4 Å². The number of ether oxygens (including phenoxy) is 1. The summed E-state index contributed by atoms with van der Waals surface area (Å²) in [6, 6.07) is 15.8. The van der Waals surface area contributed by atoms with Gasteiger partial charge in [0, 0.05) is 16.3 Å². The van der Waals surface area contributed by atoms with Crippen LogP contribution in [0.5, 0.6) is 5.75 Å². The van der Waals surface area contributed by atoms with Crippen molar-refractivity contribution in [1.82, 2.24) is 5.43 Å². The summed E-state index contributed by atoms with van der Waals surface area (Å²) in [6.45, 7) is 3.78. The number of amides is 2. The fourth-order valence-electron chi connectivity index (χ4n) is 2.90. The van der Waals surface area contributed by atoms with Gasteiger partial charge in [0.1, 0.15) is 5.75 Å². The third kappa shape index (κ3) is 7.15. The van der Waals surface area contributed by atoms with Gasteiger partial charge in [-0.05, 0) is 99.3 Å². The van der Waals surface area contributed by atoms with Crippen LogP contribution in [0.15, 0.2) is 68.6 Å². The topological polar surface area (TPSA) is 79.8 Å². The molecule has 3 rings (SSSR count).